The molecule has 9 aromatic carbocycles. The van der Waals surface area contributed by atoms with E-state index in [1.165, 1.54) is 88.8 Å². The zero-order valence-electron chi connectivity index (χ0n) is 31.5. The summed E-state index contributed by atoms with van der Waals surface area (Å²) in [5, 5.41) is 4.97. The van der Waals surface area contributed by atoms with Crippen molar-refractivity contribution in [2.24, 2.45) is 0 Å². The van der Waals surface area contributed by atoms with Crippen LogP contribution in [0.25, 0.3) is 21.5 Å². The van der Waals surface area contributed by atoms with Crippen LogP contribution in [0.5, 0.6) is 0 Å². The lowest BCUT2D eigenvalue weighted by atomic mass is 9.59. The first-order chi connectivity index (χ1) is 27.6. The Labute approximate surface area is 328 Å². The highest BCUT2D eigenvalue weighted by atomic mass is 15.1. The maximum Gasteiger partial charge on any atom is 0.0743 e. The molecule has 2 heterocycles. The summed E-state index contributed by atoms with van der Waals surface area (Å²) in [7, 11) is 4.55. The number of anilines is 4. The largest absolute Gasteiger partial charge is 0.344 e. The van der Waals surface area contributed by atoms with Gasteiger partial charge in [0.1, 0.15) is 0 Å². The van der Waals surface area contributed by atoms with Crippen molar-refractivity contribution < 1.29 is 0 Å². The van der Waals surface area contributed by atoms with Gasteiger partial charge in [-0.05, 0) is 67.4 Å². The molecular weight excluding hydrogens is 677 g/mol. The van der Waals surface area contributed by atoms with Gasteiger partial charge in [-0.15, -0.1) is 0 Å². The fourth-order valence-electron chi connectivity index (χ4n) is 10.4. The van der Waals surface area contributed by atoms with E-state index in [1.807, 2.05) is 0 Å². The summed E-state index contributed by atoms with van der Waals surface area (Å²) in [5.41, 5.74) is 13.8. The third kappa shape index (κ3) is 4.27. The van der Waals surface area contributed by atoms with Crippen molar-refractivity contribution in [2.45, 2.75) is 10.8 Å². The van der Waals surface area contributed by atoms with Gasteiger partial charge >= 0.3 is 0 Å². The maximum atomic E-state index is 2.55. The standard InChI is InChI=1S/C54H40N2/c1-55-49-35-48-50(56(2)52-44-30-18-16-20-38(44)32-34-46(52)54(48,41-25-11-5-12-26-41)42-27-13-6-14-28-42)36-47(49)53(39-21-7-3-8-22-39,40-23-9-4-10-24-40)45-33-31-37-19-15-17-29-43(37)51(45)55/h3-36H,1-2H3. The normalized spacial score (nSPS) is 14.8. The predicted molar refractivity (Wildman–Crippen MR) is 234 cm³/mol. The Balaban J connectivity index is 1.36. The zero-order chi connectivity index (χ0) is 37.4. The van der Waals surface area contributed by atoms with Crippen LogP contribution in [-0.2, 0) is 10.8 Å². The van der Waals surface area contributed by atoms with Crippen LogP contribution >= 0.6 is 0 Å². The molecule has 56 heavy (non-hydrogen) atoms. The second-order valence-corrected chi connectivity index (χ2v) is 15.3. The van der Waals surface area contributed by atoms with Gasteiger partial charge in [0.2, 0.25) is 0 Å². The molecule has 0 bridgehead atoms. The molecule has 9 aromatic rings. The van der Waals surface area contributed by atoms with Crippen LogP contribution in [-0.4, -0.2) is 14.1 Å². The summed E-state index contributed by atoms with van der Waals surface area (Å²) in [4.78, 5) is 4.96. The van der Waals surface area contributed by atoms with Gasteiger partial charge in [-0.1, -0.05) is 194 Å². The van der Waals surface area contributed by atoms with Gasteiger partial charge in [-0.3, -0.25) is 0 Å². The summed E-state index contributed by atoms with van der Waals surface area (Å²) >= 11 is 0. The SMILES string of the molecule is CN1c2cc3c(cc2C(c2ccccc2)(c2ccccc2)c2ccc4ccccc4c21)N(C)c1c(ccc2ccccc12)C3(c1ccccc1)c1ccccc1. The number of nitrogens with zero attached hydrogens (tertiary/aromatic N) is 2. The molecule has 0 atom stereocenters. The first-order valence-electron chi connectivity index (χ1n) is 19.6. The molecular formula is C54H40N2. The highest BCUT2D eigenvalue weighted by molar-refractivity contribution is 6.05. The second kappa shape index (κ2) is 12.3. The number of benzene rings is 9. The molecule has 0 radical (unpaired) electrons. The Morgan fingerprint density at radius 2 is 0.607 bits per heavy atom. The van der Waals surface area contributed by atoms with Gasteiger partial charge in [0.25, 0.3) is 0 Å². The average molecular weight is 717 g/mol. The minimum absolute atomic E-state index is 0.610. The van der Waals surface area contributed by atoms with Crippen molar-refractivity contribution in [1.29, 1.82) is 0 Å². The van der Waals surface area contributed by atoms with E-state index in [9.17, 15) is 0 Å². The van der Waals surface area contributed by atoms with Gasteiger partial charge in [-0.25, -0.2) is 0 Å². The highest BCUT2D eigenvalue weighted by Crippen LogP contribution is 2.63. The topological polar surface area (TPSA) is 6.48 Å². The Morgan fingerprint density at radius 1 is 0.304 bits per heavy atom. The molecule has 0 aromatic heterocycles. The molecule has 2 aliphatic rings. The fourth-order valence-corrected chi connectivity index (χ4v) is 10.4. The molecule has 2 nitrogen and oxygen atoms in total. The summed E-state index contributed by atoms with van der Waals surface area (Å²) < 4.78 is 0. The Bertz CT molecular complexity index is 2650. The van der Waals surface area contributed by atoms with E-state index in [0.29, 0.717) is 0 Å². The first kappa shape index (κ1) is 32.5. The van der Waals surface area contributed by atoms with Crippen molar-refractivity contribution in [3.8, 4) is 0 Å². The van der Waals surface area contributed by atoms with Crippen LogP contribution in [0.3, 0.4) is 0 Å². The van der Waals surface area contributed by atoms with Crippen molar-refractivity contribution in [1.82, 2.24) is 0 Å². The van der Waals surface area contributed by atoms with E-state index in [4.69, 9.17) is 0 Å². The maximum absolute atomic E-state index is 2.55. The molecule has 2 aliphatic heterocycles. The average Bonchev–Trinajstić information content (AvgIpc) is 3.27. The molecule has 0 unspecified atom stereocenters. The van der Waals surface area contributed by atoms with Crippen LogP contribution in [0, 0.1) is 0 Å². The Hall–Kier alpha value is -6.90. The van der Waals surface area contributed by atoms with Gasteiger partial charge < -0.3 is 9.80 Å². The third-order valence-electron chi connectivity index (χ3n) is 12.8. The van der Waals surface area contributed by atoms with Gasteiger partial charge in [0.15, 0.2) is 0 Å². The van der Waals surface area contributed by atoms with E-state index >= 15 is 0 Å². The highest BCUT2D eigenvalue weighted by Gasteiger charge is 2.51. The second-order valence-electron chi connectivity index (χ2n) is 15.3. The third-order valence-corrected chi connectivity index (χ3v) is 12.8. The lowest BCUT2D eigenvalue weighted by Crippen LogP contribution is -2.41. The molecule has 2 heteroatoms. The quantitative estimate of drug-likeness (QED) is 0.179. The summed E-state index contributed by atoms with van der Waals surface area (Å²) in [6, 6.07) is 76.9. The molecule has 11 rings (SSSR count). The molecule has 0 saturated carbocycles. The molecule has 0 aliphatic carbocycles. The van der Waals surface area contributed by atoms with E-state index in [0.717, 1.165) is 0 Å². The number of fused-ring (bicyclic) bond motifs is 8. The summed E-state index contributed by atoms with van der Waals surface area (Å²) in [5.74, 6) is 0. The Morgan fingerprint density at radius 3 is 0.946 bits per heavy atom. The number of hydrogen-bond acceptors (Lipinski definition) is 2. The minimum Gasteiger partial charge on any atom is -0.344 e. The smallest absolute Gasteiger partial charge is 0.0743 e. The first-order valence-corrected chi connectivity index (χ1v) is 19.6. The van der Waals surface area contributed by atoms with Crippen LogP contribution in [0.1, 0.15) is 44.5 Å². The van der Waals surface area contributed by atoms with E-state index in [1.54, 1.807) is 0 Å². The zero-order valence-corrected chi connectivity index (χ0v) is 31.5. The number of rotatable bonds is 4. The van der Waals surface area contributed by atoms with Crippen molar-refractivity contribution in [3.63, 3.8) is 0 Å². The molecule has 0 fully saturated rings. The monoisotopic (exact) mass is 716 g/mol. The summed E-state index contributed by atoms with van der Waals surface area (Å²) in [6.07, 6.45) is 0. The Kier molecular flexibility index (Phi) is 7.15. The van der Waals surface area contributed by atoms with Crippen molar-refractivity contribution in [2.75, 3.05) is 23.9 Å². The van der Waals surface area contributed by atoms with E-state index in [2.05, 4.69) is 230 Å². The molecule has 0 spiro atoms. The van der Waals surface area contributed by atoms with Crippen LogP contribution < -0.4 is 9.80 Å². The van der Waals surface area contributed by atoms with Crippen LogP contribution in [0.2, 0.25) is 0 Å². The minimum atomic E-state index is -0.610. The molecule has 0 saturated heterocycles. The van der Waals surface area contributed by atoms with Crippen molar-refractivity contribution in [3.05, 3.63) is 251 Å². The molecule has 266 valence electrons. The predicted octanol–water partition coefficient (Wildman–Crippen LogP) is 12.9. The lowest BCUT2D eigenvalue weighted by molar-refractivity contribution is 0.708. The fraction of sp³-hybridized carbons (Fsp3) is 0.0741. The van der Waals surface area contributed by atoms with Gasteiger partial charge in [0, 0.05) is 36.2 Å². The summed E-state index contributed by atoms with van der Waals surface area (Å²) in [6.45, 7) is 0. The van der Waals surface area contributed by atoms with E-state index < -0.39 is 10.8 Å². The molecule has 0 amide bonds. The molecule has 0 N–H and O–H groups in total. The van der Waals surface area contributed by atoms with Crippen molar-refractivity contribution >= 4 is 44.3 Å². The van der Waals surface area contributed by atoms with E-state index in [-0.39, 0.29) is 0 Å². The van der Waals surface area contributed by atoms with Crippen LogP contribution in [0.4, 0.5) is 22.7 Å². The van der Waals surface area contributed by atoms with Gasteiger partial charge in [-0.2, -0.15) is 0 Å². The van der Waals surface area contributed by atoms with Crippen LogP contribution in [0.15, 0.2) is 206 Å². The number of hydrogen-bond donors (Lipinski definition) is 0. The van der Waals surface area contributed by atoms with Gasteiger partial charge in [0.05, 0.1) is 22.2 Å². The lowest BCUT2D eigenvalue weighted by Gasteiger charge is -2.50.